The molecule has 1 aromatic carbocycles. The summed E-state index contributed by atoms with van der Waals surface area (Å²) in [6.07, 6.45) is 0. The van der Waals surface area contributed by atoms with E-state index in [4.69, 9.17) is 5.73 Å². The van der Waals surface area contributed by atoms with Crippen LogP contribution in [-0.4, -0.2) is 25.0 Å². The van der Waals surface area contributed by atoms with Gasteiger partial charge in [0.25, 0.3) is 5.91 Å². The summed E-state index contributed by atoms with van der Waals surface area (Å²) in [5, 5.41) is 3.60. The maximum absolute atomic E-state index is 12.3. The first-order valence-corrected chi connectivity index (χ1v) is 7.55. The third-order valence-electron chi connectivity index (χ3n) is 3.04. The Bertz CT molecular complexity index is 649. The fourth-order valence-corrected chi connectivity index (χ4v) is 2.64. The second-order valence-corrected chi connectivity index (χ2v) is 6.32. The zero-order valence-electron chi connectivity index (χ0n) is 12.7. The number of hydrogen-bond acceptors (Lipinski definition) is 5. The molecule has 0 aliphatic rings. The van der Waals surface area contributed by atoms with Crippen molar-refractivity contribution in [1.29, 1.82) is 0 Å². The molecule has 1 heterocycles. The van der Waals surface area contributed by atoms with Crippen LogP contribution in [0.2, 0.25) is 0 Å². The summed E-state index contributed by atoms with van der Waals surface area (Å²) in [7, 11) is 3.73. The van der Waals surface area contributed by atoms with E-state index in [0.29, 0.717) is 15.9 Å². The molecule has 0 aliphatic carbocycles. The van der Waals surface area contributed by atoms with Crippen molar-refractivity contribution < 1.29 is 4.79 Å². The highest BCUT2D eigenvalue weighted by atomic mass is 32.1. The largest absolute Gasteiger partial charge is 0.382 e. The van der Waals surface area contributed by atoms with Gasteiger partial charge < -0.3 is 16.0 Å². The van der Waals surface area contributed by atoms with Gasteiger partial charge in [0.05, 0.1) is 0 Å². The Balaban J connectivity index is 2.20. The van der Waals surface area contributed by atoms with Gasteiger partial charge in [-0.05, 0) is 23.6 Å². The molecule has 1 aromatic heterocycles. The van der Waals surface area contributed by atoms with Gasteiger partial charge in [-0.2, -0.15) is 0 Å². The van der Waals surface area contributed by atoms with Crippen LogP contribution in [0.4, 0.5) is 16.6 Å². The van der Waals surface area contributed by atoms with Gasteiger partial charge in [-0.3, -0.25) is 4.79 Å². The number of carbonyl (C=O) groups excluding carboxylic acids is 1. The Labute approximate surface area is 128 Å². The fraction of sp³-hybridized carbons (Fsp3) is 0.333. The number of nitrogens with one attached hydrogen (secondary N) is 1. The van der Waals surface area contributed by atoms with Crippen LogP contribution in [0.15, 0.2) is 24.3 Å². The van der Waals surface area contributed by atoms with Crippen LogP contribution >= 0.6 is 11.3 Å². The number of nitrogens with two attached hydrogens (primary N) is 1. The van der Waals surface area contributed by atoms with Gasteiger partial charge in [-0.25, -0.2) is 4.98 Å². The Morgan fingerprint density at radius 3 is 2.67 bits per heavy atom. The second kappa shape index (κ2) is 6.13. The molecule has 0 bridgehead atoms. The number of nitrogen functional groups attached to an aromatic ring is 1. The predicted octanol–water partition coefficient (Wildman–Crippen LogP) is 3.17. The molecule has 21 heavy (non-hydrogen) atoms. The minimum absolute atomic E-state index is 0.223. The number of aromatic nitrogens is 1. The monoisotopic (exact) mass is 304 g/mol. The summed E-state index contributed by atoms with van der Waals surface area (Å²) < 4.78 is 0. The van der Waals surface area contributed by atoms with Gasteiger partial charge in [0.2, 0.25) is 0 Å². The second-order valence-electron chi connectivity index (χ2n) is 5.34. The van der Waals surface area contributed by atoms with Gasteiger partial charge in [-0.1, -0.05) is 37.3 Å². The highest BCUT2D eigenvalue weighted by Gasteiger charge is 2.17. The van der Waals surface area contributed by atoms with E-state index >= 15 is 0 Å². The molecule has 0 atom stereocenters. The maximum Gasteiger partial charge on any atom is 0.269 e. The number of rotatable bonds is 4. The number of hydrogen-bond donors (Lipinski definition) is 2. The van der Waals surface area contributed by atoms with Crippen LogP contribution in [0, 0.1) is 0 Å². The Morgan fingerprint density at radius 1 is 1.38 bits per heavy atom. The van der Waals surface area contributed by atoms with Crippen molar-refractivity contribution in [1.82, 2.24) is 4.98 Å². The Morgan fingerprint density at radius 2 is 2.10 bits per heavy atom. The molecule has 0 unspecified atom stereocenters. The molecule has 5 nitrogen and oxygen atoms in total. The molecule has 2 aromatic rings. The zero-order chi connectivity index (χ0) is 15.6. The predicted molar refractivity (Wildman–Crippen MR) is 89.3 cm³/mol. The molecular formula is C15H20N4OS. The van der Waals surface area contributed by atoms with Crippen molar-refractivity contribution in [2.45, 2.75) is 19.8 Å². The molecule has 0 fully saturated rings. The molecule has 3 N–H and O–H groups in total. The van der Waals surface area contributed by atoms with E-state index in [1.54, 1.807) is 0 Å². The molecule has 0 radical (unpaired) electrons. The normalized spacial score (nSPS) is 10.7. The highest BCUT2D eigenvalue weighted by molar-refractivity contribution is 7.18. The Kier molecular flexibility index (Phi) is 4.47. The van der Waals surface area contributed by atoms with Crippen molar-refractivity contribution in [2.24, 2.45) is 0 Å². The number of benzene rings is 1. The summed E-state index contributed by atoms with van der Waals surface area (Å²) in [4.78, 5) is 18.8. The van der Waals surface area contributed by atoms with Gasteiger partial charge in [0.1, 0.15) is 10.7 Å². The van der Waals surface area contributed by atoms with E-state index in [1.165, 1.54) is 16.9 Å². The van der Waals surface area contributed by atoms with Crippen molar-refractivity contribution in [3.05, 3.63) is 34.7 Å². The van der Waals surface area contributed by atoms with Gasteiger partial charge in [-0.15, -0.1) is 0 Å². The Hall–Kier alpha value is -2.08. The molecule has 0 saturated carbocycles. The van der Waals surface area contributed by atoms with E-state index in [1.807, 2.05) is 43.3 Å². The molecule has 0 saturated heterocycles. The van der Waals surface area contributed by atoms with Crippen LogP contribution in [0.25, 0.3) is 0 Å². The van der Waals surface area contributed by atoms with E-state index in [2.05, 4.69) is 24.1 Å². The number of anilines is 3. The summed E-state index contributed by atoms with van der Waals surface area (Å²) in [6, 6.07) is 7.83. The lowest BCUT2D eigenvalue weighted by Crippen LogP contribution is -2.12. The number of thiazole rings is 1. The smallest absolute Gasteiger partial charge is 0.269 e. The summed E-state index contributed by atoms with van der Waals surface area (Å²) >= 11 is 1.28. The first-order valence-electron chi connectivity index (χ1n) is 6.73. The SMILES string of the molecule is CC(C)c1cccc(NC(=O)c2sc(N(C)C)nc2N)c1. The van der Waals surface area contributed by atoms with Crippen molar-refractivity contribution in [2.75, 3.05) is 30.0 Å². The minimum Gasteiger partial charge on any atom is -0.382 e. The van der Waals surface area contributed by atoms with Crippen LogP contribution in [-0.2, 0) is 0 Å². The van der Waals surface area contributed by atoms with Crippen molar-refractivity contribution in [3.8, 4) is 0 Å². The molecular weight excluding hydrogens is 284 g/mol. The average Bonchev–Trinajstić information content (AvgIpc) is 2.81. The van der Waals surface area contributed by atoms with Crippen molar-refractivity contribution >= 4 is 33.9 Å². The third-order valence-corrected chi connectivity index (χ3v) is 4.28. The number of carbonyl (C=O) groups is 1. The molecule has 1 amide bonds. The topological polar surface area (TPSA) is 71.2 Å². The van der Waals surface area contributed by atoms with Crippen LogP contribution < -0.4 is 16.0 Å². The summed E-state index contributed by atoms with van der Waals surface area (Å²) in [6.45, 7) is 4.23. The zero-order valence-corrected chi connectivity index (χ0v) is 13.5. The first kappa shape index (κ1) is 15.3. The standard InChI is InChI=1S/C15H20N4OS/c1-9(2)10-6-5-7-11(8-10)17-14(20)12-13(16)18-15(21-12)19(3)4/h5-9H,16H2,1-4H3,(H,17,20). The lowest BCUT2D eigenvalue weighted by molar-refractivity contribution is 0.103. The minimum atomic E-state index is -0.223. The quantitative estimate of drug-likeness (QED) is 0.910. The van der Waals surface area contributed by atoms with Crippen LogP contribution in [0.3, 0.4) is 0 Å². The number of amides is 1. The molecule has 6 heteroatoms. The van der Waals surface area contributed by atoms with Gasteiger partial charge >= 0.3 is 0 Å². The van der Waals surface area contributed by atoms with Gasteiger partial charge in [0, 0.05) is 19.8 Å². The molecule has 0 aliphatic heterocycles. The summed E-state index contributed by atoms with van der Waals surface area (Å²) in [5.74, 6) is 0.455. The van der Waals surface area contributed by atoms with E-state index in [9.17, 15) is 4.79 Å². The average molecular weight is 304 g/mol. The molecule has 2 rings (SSSR count). The van der Waals surface area contributed by atoms with E-state index < -0.39 is 0 Å². The maximum atomic E-state index is 12.3. The van der Waals surface area contributed by atoms with Gasteiger partial charge in [0.15, 0.2) is 5.13 Å². The van der Waals surface area contributed by atoms with Crippen molar-refractivity contribution in [3.63, 3.8) is 0 Å². The van der Waals surface area contributed by atoms with E-state index in [0.717, 1.165) is 5.69 Å². The van der Waals surface area contributed by atoms with E-state index in [-0.39, 0.29) is 11.7 Å². The lowest BCUT2D eigenvalue weighted by Gasteiger charge is -2.09. The van der Waals surface area contributed by atoms with Crippen LogP contribution in [0.1, 0.15) is 35.0 Å². The third kappa shape index (κ3) is 3.52. The molecule has 112 valence electrons. The first-order chi connectivity index (χ1) is 9.88. The molecule has 0 spiro atoms. The lowest BCUT2D eigenvalue weighted by atomic mass is 10.0. The number of nitrogens with zero attached hydrogens (tertiary/aromatic N) is 2. The fourth-order valence-electron chi connectivity index (χ4n) is 1.84. The summed E-state index contributed by atoms with van der Waals surface area (Å²) in [5.41, 5.74) is 7.77. The highest BCUT2D eigenvalue weighted by Crippen LogP contribution is 2.28. The van der Waals surface area contributed by atoms with Crippen LogP contribution in [0.5, 0.6) is 0 Å².